The van der Waals surface area contributed by atoms with Crippen LogP contribution in [0.4, 0.5) is 8.78 Å². The van der Waals surface area contributed by atoms with Gasteiger partial charge in [0, 0.05) is 4.90 Å². The van der Waals surface area contributed by atoms with E-state index in [1.807, 2.05) is 0 Å². The second-order valence-corrected chi connectivity index (χ2v) is 6.43. The van der Waals surface area contributed by atoms with Crippen molar-refractivity contribution >= 4 is 23.6 Å². The monoisotopic (exact) mass is 354 g/mol. The Morgan fingerprint density at radius 2 is 2.00 bits per heavy atom. The van der Waals surface area contributed by atoms with Crippen molar-refractivity contribution in [2.75, 3.05) is 6.61 Å². The summed E-state index contributed by atoms with van der Waals surface area (Å²) < 4.78 is 29.9. The number of amides is 1. The van der Waals surface area contributed by atoms with Crippen LogP contribution in [0.3, 0.4) is 0 Å². The van der Waals surface area contributed by atoms with Gasteiger partial charge in [0.05, 0.1) is 11.6 Å². The molecular weight excluding hydrogens is 338 g/mol. The molecule has 8 heteroatoms. The highest BCUT2D eigenvalue weighted by Gasteiger charge is 2.35. The maximum Gasteiger partial charge on any atom is 0.339 e. The molecule has 0 heterocycles. The van der Waals surface area contributed by atoms with E-state index in [0.29, 0.717) is 12.8 Å². The lowest BCUT2D eigenvalue weighted by Crippen LogP contribution is -2.46. The summed E-state index contributed by atoms with van der Waals surface area (Å²) in [6.45, 7) is -0.560. The van der Waals surface area contributed by atoms with Crippen LogP contribution >= 0.6 is 11.8 Å². The molecule has 1 amide bonds. The van der Waals surface area contributed by atoms with Gasteiger partial charge in [-0.15, -0.1) is 0 Å². The average Bonchev–Trinajstić information content (AvgIpc) is 3.01. The summed E-state index contributed by atoms with van der Waals surface area (Å²) in [6, 6.07) is 7.90. The highest BCUT2D eigenvalue weighted by Crippen LogP contribution is 2.29. The van der Waals surface area contributed by atoms with Crippen molar-refractivity contribution in [3.63, 3.8) is 0 Å². The molecule has 1 fully saturated rings. The van der Waals surface area contributed by atoms with Crippen LogP contribution in [0.15, 0.2) is 29.2 Å². The van der Waals surface area contributed by atoms with E-state index in [1.54, 1.807) is 0 Å². The Balaban J connectivity index is 1.94. The van der Waals surface area contributed by atoms with E-state index >= 15 is 0 Å². The van der Waals surface area contributed by atoms with E-state index in [-0.39, 0.29) is 22.2 Å². The van der Waals surface area contributed by atoms with Gasteiger partial charge in [0.1, 0.15) is 5.54 Å². The van der Waals surface area contributed by atoms with Crippen molar-refractivity contribution in [2.45, 2.75) is 41.9 Å². The normalized spacial score (nSPS) is 15.8. The lowest BCUT2D eigenvalue weighted by atomic mass is 10.00. The Kier molecular flexibility index (Phi) is 6.15. The minimum Gasteiger partial charge on any atom is -0.452 e. The average molecular weight is 354 g/mol. The smallest absolute Gasteiger partial charge is 0.339 e. The van der Waals surface area contributed by atoms with Crippen molar-refractivity contribution in [3.05, 3.63) is 29.8 Å². The first-order chi connectivity index (χ1) is 11.5. The number of nitrogens with one attached hydrogen (secondary N) is 1. The third-order valence-corrected chi connectivity index (χ3v) is 4.50. The molecule has 1 aromatic carbocycles. The highest BCUT2D eigenvalue weighted by atomic mass is 32.2. The van der Waals surface area contributed by atoms with Crippen molar-refractivity contribution in [3.8, 4) is 6.07 Å². The predicted molar refractivity (Wildman–Crippen MR) is 83.5 cm³/mol. The molecule has 128 valence electrons. The van der Waals surface area contributed by atoms with Crippen LogP contribution in [0.25, 0.3) is 0 Å². The standard InChI is InChI=1S/C16H16F2N2O3S/c17-15(18)24-12-6-2-1-5-11(12)14(22)23-9-13(21)20-16(10-19)7-3-4-8-16/h1-2,5-6,15H,3-4,7-9H2,(H,20,21). The molecule has 0 bridgehead atoms. The lowest BCUT2D eigenvalue weighted by molar-refractivity contribution is -0.125. The Bertz CT molecular complexity index is 655. The van der Waals surface area contributed by atoms with Crippen LogP contribution in [-0.4, -0.2) is 29.8 Å². The zero-order valence-corrected chi connectivity index (χ0v) is 13.6. The SMILES string of the molecule is N#CC1(NC(=O)COC(=O)c2ccccc2SC(F)F)CCCC1. The maximum atomic E-state index is 12.5. The predicted octanol–water partition coefficient (Wildman–Crippen LogP) is 3.11. The van der Waals surface area contributed by atoms with E-state index < -0.39 is 29.8 Å². The molecule has 5 nitrogen and oxygen atoms in total. The van der Waals surface area contributed by atoms with E-state index in [4.69, 9.17) is 4.74 Å². The van der Waals surface area contributed by atoms with Crippen molar-refractivity contribution in [1.82, 2.24) is 5.32 Å². The van der Waals surface area contributed by atoms with Gasteiger partial charge in [-0.1, -0.05) is 23.9 Å². The molecule has 24 heavy (non-hydrogen) atoms. The quantitative estimate of drug-likeness (QED) is 0.627. The summed E-state index contributed by atoms with van der Waals surface area (Å²) in [7, 11) is 0. The van der Waals surface area contributed by atoms with Crippen LogP contribution in [-0.2, 0) is 9.53 Å². The van der Waals surface area contributed by atoms with Gasteiger partial charge in [-0.05, 0) is 37.8 Å². The second kappa shape index (κ2) is 8.11. The number of carbonyl (C=O) groups is 2. The van der Waals surface area contributed by atoms with Crippen LogP contribution in [0.5, 0.6) is 0 Å². The highest BCUT2D eigenvalue weighted by molar-refractivity contribution is 7.99. The van der Waals surface area contributed by atoms with Crippen LogP contribution in [0, 0.1) is 11.3 Å². The molecule has 1 aliphatic carbocycles. The van der Waals surface area contributed by atoms with Gasteiger partial charge in [0.2, 0.25) is 0 Å². The largest absolute Gasteiger partial charge is 0.452 e. The molecule has 1 N–H and O–H groups in total. The second-order valence-electron chi connectivity index (χ2n) is 5.40. The van der Waals surface area contributed by atoms with Crippen molar-refractivity contribution < 1.29 is 23.1 Å². The molecule has 0 aliphatic heterocycles. The number of thioether (sulfide) groups is 1. The first-order valence-corrected chi connectivity index (χ1v) is 8.27. The summed E-state index contributed by atoms with van der Waals surface area (Å²) >= 11 is 0.239. The topological polar surface area (TPSA) is 79.2 Å². The van der Waals surface area contributed by atoms with Crippen LogP contribution < -0.4 is 5.32 Å². The fourth-order valence-corrected chi connectivity index (χ4v) is 3.22. The molecule has 0 spiro atoms. The lowest BCUT2D eigenvalue weighted by Gasteiger charge is -2.21. The number of nitrogens with zero attached hydrogens (tertiary/aromatic N) is 1. The minimum absolute atomic E-state index is 0.0218. The Morgan fingerprint density at radius 1 is 1.33 bits per heavy atom. The molecule has 0 saturated heterocycles. The van der Waals surface area contributed by atoms with Gasteiger partial charge < -0.3 is 10.1 Å². The molecule has 0 unspecified atom stereocenters. The molecule has 1 aromatic rings. The van der Waals surface area contributed by atoms with E-state index in [9.17, 15) is 23.6 Å². The summed E-state index contributed by atoms with van der Waals surface area (Å²) in [5, 5.41) is 11.8. The molecule has 1 aliphatic rings. The molecule has 0 aromatic heterocycles. The van der Waals surface area contributed by atoms with Crippen molar-refractivity contribution in [2.24, 2.45) is 0 Å². The summed E-state index contributed by atoms with van der Waals surface area (Å²) in [4.78, 5) is 24.0. The van der Waals surface area contributed by atoms with Gasteiger partial charge >= 0.3 is 5.97 Å². The fourth-order valence-electron chi connectivity index (χ4n) is 2.59. The first-order valence-electron chi connectivity index (χ1n) is 7.39. The number of hydrogen-bond acceptors (Lipinski definition) is 5. The van der Waals surface area contributed by atoms with Gasteiger partial charge in [0.15, 0.2) is 6.61 Å². The maximum absolute atomic E-state index is 12.5. The van der Waals surface area contributed by atoms with Gasteiger partial charge in [-0.2, -0.15) is 14.0 Å². The Morgan fingerprint density at radius 3 is 2.62 bits per heavy atom. The number of alkyl halides is 2. The molecule has 1 saturated carbocycles. The van der Waals surface area contributed by atoms with E-state index in [0.717, 1.165) is 12.8 Å². The van der Waals surface area contributed by atoms with Crippen LogP contribution in [0.1, 0.15) is 36.0 Å². The van der Waals surface area contributed by atoms with Crippen molar-refractivity contribution in [1.29, 1.82) is 5.26 Å². The molecular formula is C16H16F2N2O3S. The molecule has 0 atom stereocenters. The zero-order valence-electron chi connectivity index (χ0n) is 12.8. The van der Waals surface area contributed by atoms with Gasteiger partial charge in [-0.25, -0.2) is 4.79 Å². The van der Waals surface area contributed by atoms with Crippen LogP contribution in [0.2, 0.25) is 0 Å². The number of carbonyl (C=O) groups excluding carboxylic acids is 2. The number of halogens is 2. The van der Waals surface area contributed by atoms with E-state index in [1.165, 1.54) is 24.3 Å². The molecule has 2 rings (SSSR count). The number of benzene rings is 1. The number of nitriles is 1. The number of esters is 1. The number of ether oxygens (including phenoxy) is 1. The first kappa shape index (κ1) is 18.2. The zero-order chi connectivity index (χ0) is 17.6. The third kappa shape index (κ3) is 4.68. The van der Waals surface area contributed by atoms with E-state index in [2.05, 4.69) is 11.4 Å². The third-order valence-electron chi connectivity index (χ3n) is 3.71. The summed E-state index contributed by atoms with van der Waals surface area (Å²) in [5.41, 5.74) is -0.918. The summed E-state index contributed by atoms with van der Waals surface area (Å²) in [6.07, 6.45) is 2.84. The van der Waals surface area contributed by atoms with Gasteiger partial charge in [-0.3, -0.25) is 4.79 Å². The Hall–Kier alpha value is -2.14. The fraction of sp³-hybridized carbons (Fsp3) is 0.438. The Labute approximate surface area is 142 Å². The van der Waals surface area contributed by atoms with Gasteiger partial charge in [0.25, 0.3) is 11.7 Å². The number of rotatable bonds is 6. The number of hydrogen-bond donors (Lipinski definition) is 1. The summed E-state index contributed by atoms with van der Waals surface area (Å²) in [5.74, 6) is -4.10. The minimum atomic E-state index is -2.67. The molecule has 0 radical (unpaired) electrons.